The number of hydrogen-bond donors (Lipinski definition) is 1. The van der Waals surface area contributed by atoms with Crippen LogP contribution in [0, 0.1) is 6.92 Å². The van der Waals surface area contributed by atoms with Crippen molar-refractivity contribution in [3.63, 3.8) is 0 Å². The highest BCUT2D eigenvalue weighted by atomic mass is 16.5. The number of methoxy groups -OCH3 is 1. The first-order chi connectivity index (χ1) is 9.67. The topological polar surface area (TPSA) is 52.5 Å². The molecule has 0 amide bonds. The largest absolute Gasteiger partial charge is 0.497 e. The predicted molar refractivity (Wildman–Crippen MR) is 80.1 cm³/mol. The molecule has 0 unspecified atom stereocenters. The van der Waals surface area contributed by atoms with E-state index in [-0.39, 0.29) is 0 Å². The van der Waals surface area contributed by atoms with E-state index < -0.39 is 0 Å². The molecule has 0 atom stereocenters. The molecule has 2 N–H and O–H groups in total. The molecule has 2 aromatic heterocycles. The van der Waals surface area contributed by atoms with Crippen molar-refractivity contribution in [1.82, 2.24) is 9.38 Å². The summed E-state index contributed by atoms with van der Waals surface area (Å²) in [5.41, 5.74) is 10.9. The van der Waals surface area contributed by atoms with Gasteiger partial charge in [-0.05, 0) is 36.2 Å². The summed E-state index contributed by atoms with van der Waals surface area (Å²) in [6.07, 6.45) is 4.80. The van der Waals surface area contributed by atoms with Gasteiger partial charge in [-0.25, -0.2) is 4.98 Å². The van der Waals surface area contributed by atoms with Crippen LogP contribution in [0.4, 0.5) is 5.69 Å². The molecular formula is C16H17N3O. The number of benzene rings is 1. The van der Waals surface area contributed by atoms with Gasteiger partial charge in [0.25, 0.3) is 0 Å². The standard InChI is InChI=1S/C16H17N3O/c1-11-7-8-19-10-13(18-16(19)15(11)17)9-12-3-5-14(20-2)6-4-12/h3-8,10H,9,17H2,1-2H3. The van der Waals surface area contributed by atoms with Gasteiger partial charge in [-0.2, -0.15) is 0 Å². The van der Waals surface area contributed by atoms with Gasteiger partial charge in [0.2, 0.25) is 0 Å². The maximum atomic E-state index is 6.06. The van der Waals surface area contributed by atoms with Gasteiger partial charge in [0.05, 0.1) is 18.5 Å². The van der Waals surface area contributed by atoms with Crippen LogP contribution in [0.1, 0.15) is 16.8 Å². The Morgan fingerprint density at radius 2 is 1.95 bits per heavy atom. The molecule has 0 saturated heterocycles. The lowest BCUT2D eigenvalue weighted by atomic mass is 10.1. The fraction of sp³-hybridized carbons (Fsp3) is 0.188. The van der Waals surface area contributed by atoms with Crippen LogP contribution in [0.2, 0.25) is 0 Å². The van der Waals surface area contributed by atoms with Crippen molar-refractivity contribution in [1.29, 1.82) is 0 Å². The summed E-state index contributed by atoms with van der Waals surface area (Å²) in [4.78, 5) is 4.62. The van der Waals surface area contributed by atoms with Gasteiger partial charge in [-0.3, -0.25) is 0 Å². The van der Waals surface area contributed by atoms with Crippen LogP contribution in [0.15, 0.2) is 42.7 Å². The summed E-state index contributed by atoms with van der Waals surface area (Å²) in [5.74, 6) is 0.864. The van der Waals surface area contributed by atoms with E-state index in [1.165, 1.54) is 5.56 Å². The Kier molecular flexibility index (Phi) is 3.06. The monoisotopic (exact) mass is 267 g/mol. The highest BCUT2D eigenvalue weighted by Crippen LogP contribution is 2.19. The third-order valence-electron chi connectivity index (χ3n) is 3.48. The molecule has 0 fully saturated rings. The Labute approximate surface area is 117 Å². The number of aromatic nitrogens is 2. The van der Waals surface area contributed by atoms with Crippen molar-refractivity contribution in [3.05, 3.63) is 59.5 Å². The zero-order chi connectivity index (χ0) is 14.1. The third-order valence-corrected chi connectivity index (χ3v) is 3.48. The number of fused-ring (bicyclic) bond motifs is 1. The summed E-state index contributed by atoms with van der Waals surface area (Å²) < 4.78 is 7.13. The number of anilines is 1. The molecule has 0 aliphatic carbocycles. The van der Waals surface area contributed by atoms with Crippen molar-refractivity contribution in [2.45, 2.75) is 13.3 Å². The highest BCUT2D eigenvalue weighted by Gasteiger charge is 2.07. The summed E-state index contributed by atoms with van der Waals surface area (Å²) in [5, 5.41) is 0. The molecule has 0 radical (unpaired) electrons. The molecule has 3 rings (SSSR count). The molecule has 0 aliphatic heterocycles. The summed E-state index contributed by atoms with van der Waals surface area (Å²) in [6.45, 7) is 1.99. The van der Waals surface area contributed by atoms with Gasteiger partial charge in [0.15, 0.2) is 5.65 Å². The van der Waals surface area contributed by atoms with Gasteiger partial charge >= 0.3 is 0 Å². The van der Waals surface area contributed by atoms with E-state index in [9.17, 15) is 0 Å². The second kappa shape index (κ2) is 4.89. The first-order valence-electron chi connectivity index (χ1n) is 6.53. The Hall–Kier alpha value is -2.49. The minimum Gasteiger partial charge on any atom is -0.497 e. The third kappa shape index (κ3) is 2.20. The van der Waals surface area contributed by atoms with Gasteiger partial charge in [-0.15, -0.1) is 0 Å². The number of rotatable bonds is 3. The number of nitrogens with two attached hydrogens (primary N) is 1. The zero-order valence-corrected chi connectivity index (χ0v) is 11.6. The fourth-order valence-corrected chi connectivity index (χ4v) is 2.25. The second-order valence-corrected chi connectivity index (χ2v) is 4.90. The maximum absolute atomic E-state index is 6.06. The van der Waals surface area contributed by atoms with Crippen LogP contribution in [0.3, 0.4) is 0 Å². The van der Waals surface area contributed by atoms with E-state index >= 15 is 0 Å². The lowest BCUT2D eigenvalue weighted by Crippen LogP contribution is -1.94. The first kappa shape index (κ1) is 12.5. The Morgan fingerprint density at radius 1 is 1.20 bits per heavy atom. The van der Waals surface area contributed by atoms with E-state index in [0.29, 0.717) is 0 Å². The lowest BCUT2D eigenvalue weighted by Gasteiger charge is -2.01. The molecule has 4 nitrogen and oxygen atoms in total. The van der Waals surface area contributed by atoms with E-state index in [0.717, 1.165) is 34.8 Å². The van der Waals surface area contributed by atoms with Crippen LogP contribution >= 0.6 is 0 Å². The molecule has 20 heavy (non-hydrogen) atoms. The van der Waals surface area contributed by atoms with Crippen molar-refractivity contribution in [3.8, 4) is 5.75 Å². The van der Waals surface area contributed by atoms with Gasteiger partial charge in [0.1, 0.15) is 5.75 Å². The van der Waals surface area contributed by atoms with E-state index in [4.69, 9.17) is 10.5 Å². The smallest absolute Gasteiger partial charge is 0.160 e. The van der Waals surface area contributed by atoms with Gasteiger partial charge in [-0.1, -0.05) is 12.1 Å². The fourth-order valence-electron chi connectivity index (χ4n) is 2.25. The molecule has 0 saturated carbocycles. The number of nitrogen functional groups attached to an aromatic ring is 1. The van der Waals surface area contributed by atoms with E-state index in [2.05, 4.69) is 17.1 Å². The minimum absolute atomic E-state index is 0.744. The molecule has 0 aliphatic rings. The van der Waals surface area contributed by atoms with Gasteiger partial charge in [0, 0.05) is 18.8 Å². The number of imidazole rings is 1. The van der Waals surface area contributed by atoms with Crippen molar-refractivity contribution < 1.29 is 4.74 Å². The zero-order valence-electron chi connectivity index (χ0n) is 11.6. The number of aryl methyl sites for hydroxylation is 1. The Balaban J connectivity index is 1.92. The highest BCUT2D eigenvalue weighted by molar-refractivity contribution is 5.68. The quantitative estimate of drug-likeness (QED) is 0.794. The summed E-state index contributed by atoms with van der Waals surface area (Å²) >= 11 is 0. The van der Waals surface area contributed by atoms with Gasteiger partial charge < -0.3 is 14.9 Å². The molecular weight excluding hydrogens is 250 g/mol. The maximum Gasteiger partial charge on any atom is 0.160 e. The Morgan fingerprint density at radius 3 is 2.65 bits per heavy atom. The number of pyridine rings is 1. The van der Waals surface area contributed by atoms with E-state index in [1.54, 1.807) is 7.11 Å². The molecule has 102 valence electrons. The summed E-state index contributed by atoms with van der Waals surface area (Å²) in [6, 6.07) is 10.0. The van der Waals surface area contributed by atoms with Crippen molar-refractivity contribution in [2.75, 3.05) is 12.8 Å². The average molecular weight is 267 g/mol. The van der Waals surface area contributed by atoms with Crippen molar-refractivity contribution in [2.24, 2.45) is 0 Å². The van der Waals surface area contributed by atoms with Crippen LogP contribution in [-0.2, 0) is 6.42 Å². The Bertz CT molecular complexity index is 744. The van der Waals surface area contributed by atoms with Crippen molar-refractivity contribution >= 4 is 11.3 Å². The molecule has 0 bridgehead atoms. The molecule has 4 heteroatoms. The first-order valence-corrected chi connectivity index (χ1v) is 6.53. The summed E-state index contributed by atoms with van der Waals surface area (Å²) in [7, 11) is 1.67. The van der Waals surface area contributed by atoms with E-state index in [1.807, 2.05) is 41.9 Å². The SMILES string of the molecule is COc1ccc(Cc2cn3ccc(C)c(N)c3n2)cc1. The molecule has 2 heterocycles. The van der Waals surface area contributed by atoms with Crippen LogP contribution in [-0.4, -0.2) is 16.5 Å². The molecule has 0 spiro atoms. The van der Waals surface area contributed by atoms with Crippen LogP contribution in [0.5, 0.6) is 5.75 Å². The predicted octanol–water partition coefficient (Wildman–Crippen LogP) is 2.82. The lowest BCUT2D eigenvalue weighted by molar-refractivity contribution is 0.414. The minimum atomic E-state index is 0.744. The number of nitrogens with zero attached hydrogens (tertiary/aromatic N) is 2. The average Bonchev–Trinajstić information content (AvgIpc) is 2.87. The molecule has 3 aromatic rings. The normalized spacial score (nSPS) is 10.9. The van der Waals surface area contributed by atoms with Crippen LogP contribution in [0.25, 0.3) is 5.65 Å². The van der Waals surface area contributed by atoms with Crippen LogP contribution < -0.4 is 10.5 Å². The molecule has 1 aromatic carbocycles. The number of hydrogen-bond acceptors (Lipinski definition) is 3. The second-order valence-electron chi connectivity index (χ2n) is 4.90. The number of ether oxygens (including phenoxy) is 1.